The standard InChI is InChI=1S/C15H26N2/c1-7-15(4,17(5)6)14(16)13-10-8-9-11(2)12(13)3/h8-10,14H,7,16H2,1-6H3. The molecule has 0 saturated carbocycles. The van der Waals surface area contributed by atoms with Crippen LogP contribution in [0.4, 0.5) is 0 Å². The zero-order valence-corrected chi connectivity index (χ0v) is 12.0. The van der Waals surface area contributed by atoms with Gasteiger partial charge >= 0.3 is 0 Å². The second-order valence-corrected chi connectivity index (χ2v) is 5.37. The van der Waals surface area contributed by atoms with Crippen LogP contribution in [0.15, 0.2) is 18.2 Å². The first-order valence-corrected chi connectivity index (χ1v) is 6.33. The topological polar surface area (TPSA) is 29.3 Å². The van der Waals surface area contributed by atoms with Gasteiger partial charge in [0.2, 0.25) is 0 Å². The largest absolute Gasteiger partial charge is 0.322 e. The fraction of sp³-hybridized carbons (Fsp3) is 0.600. The molecule has 0 saturated heterocycles. The molecule has 0 radical (unpaired) electrons. The molecule has 96 valence electrons. The number of nitrogens with zero attached hydrogens (tertiary/aromatic N) is 1. The maximum Gasteiger partial charge on any atom is 0.0481 e. The van der Waals surface area contributed by atoms with E-state index in [1.54, 1.807) is 0 Å². The van der Waals surface area contributed by atoms with Crippen molar-refractivity contribution in [3.05, 3.63) is 34.9 Å². The van der Waals surface area contributed by atoms with Gasteiger partial charge in [-0.25, -0.2) is 0 Å². The molecule has 2 N–H and O–H groups in total. The van der Waals surface area contributed by atoms with Gasteiger partial charge in [-0.2, -0.15) is 0 Å². The Morgan fingerprint density at radius 1 is 1.29 bits per heavy atom. The number of nitrogens with two attached hydrogens (primary N) is 1. The van der Waals surface area contributed by atoms with Gasteiger partial charge in [0, 0.05) is 11.6 Å². The Kier molecular flexibility index (Phi) is 4.34. The van der Waals surface area contributed by atoms with Crippen molar-refractivity contribution in [3.63, 3.8) is 0 Å². The summed E-state index contributed by atoms with van der Waals surface area (Å²) in [6.07, 6.45) is 1.04. The lowest BCUT2D eigenvalue weighted by atomic mass is 9.82. The van der Waals surface area contributed by atoms with Crippen LogP contribution >= 0.6 is 0 Å². The number of hydrogen-bond acceptors (Lipinski definition) is 2. The lowest BCUT2D eigenvalue weighted by Crippen LogP contribution is -2.49. The van der Waals surface area contributed by atoms with Crippen LogP contribution in [0.5, 0.6) is 0 Å². The van der Waals surface area contributed by atoms with Gasteiger partial charge < -0.3 is 10.6 Å². The van der Waals surface area contributed by atoms with Crippen LogP contribution in [-0.2, 0) is 0 Å². The highest BCUT2D eigenvalue weighted by molar-refractivity contribution is 5.36. The Balaban J connectivity index is 3.19. The molecule has 0 bridgehead atoms. The van der Waals surface area contributed by atoms with Crippen molar-refractivity contribution in [2.45, 2.75) is 45.7 Å². The van der Waals surface area contributed by atoms with Crippen LogP contribution in [0.1, 0.15) is 43.0 Å². The summed E-state index contributed by atoms with van der Waals surface area (Å²) in [5.41, 5.74) is 10.4. The van der Waals surface area contributed by atoms with Gasteiger partial charge in [-0.3, -0.25) is 0 Å². The monoisotopic (exact) mass is 234 g/mol. The fourth-order valence-electron chi connectivity index (χ4n) is 2.26. The van der Waals surface area contributed by atoms with E-state index in [1.165, 1.54) is 16.7 Å². The third kappa shape index (κ3) is 2.53. The first kappa shape index (κ1) is 14.2. The Labute approximate surface area is 106 Å². The number of hydrogen-bond donors (Lipinski definition) is 1. The fourth-order valence-corrected chi connectivity index (χ4v) is 2.26. The molecule has 2 nitrogen and oxygen atoms in total. The van der Waals surface area contributed by atoms with E-state index < -0.39 is 0 Å². The molecule has 1 rings (SSSR count). The summed E-state index contributed by atoms with van der Waals surface area (Å²) >= 11 is 0. The molecular formula is C15H26N2. The van der Waals surface area contributed by atoms with E-state index in [9.17, 15) is 0 Å². The lowest BCUT2D eigenvalue weighted by molar-refractivity contribution is 0.131. The average molecular weight is 234 g/mol. The molecule has 2 unspecified atom stereocenters. The van der Waals surface area contributed by atoms with Gasteiger partial charge in [-0.15, -0.1) is 0 Å². The van der Waals surface area contributed by atoms with Crippen molar-refractivity contribution in [2.75, 3.05) is 14.1 Å². The van der Waals surface area contributed by atoms with Crippen molar-refractivity contribution in [1.29, 1.82) is 0 Å². The molecule has 0 aromatic heterocycles. The van der Waals surface area contributed by atoms with Crippen LogP contribution in [0.25, 0.3) is 0 Å². The van der Waals surface area contributed by atoms with Gasteiger partial charge in [0.15, 0.2) is 0 Å². The van der Waals surface area contributed by atoms with Gasteiger partial charge in [0.1, 0.15) is 0 Å². The molecule has 0 heterocycles. The van der Waals surface area contributed by atoms with Crippen molar-refractivity contribution >= 4 is 0 Å². The van der Waals surface area contributed by atoms with Crippen LogP contribution in [0.2, 0.25) is 0 Å². The van der Waals surface area contributed by atoms with Gasteiger partial charge in [0.25, 0.3) is 0 Å². The predicted octanol–water partition coefficient (Wildman–Crippen LogP) is 3.03. The SMILES string of the molecule is CCC(C)(C(N)c1cccc(C)c1C)N(C)C. The molecule has 1 aromatic rings. The van der Waals surface area contributed by atoms with E-state index in [0.717, 1.165) is 6.42 Å². The molecule has 0 aliphatic heterocycles. The van der Waals surface area contributed by atoms with E-state index in [4.69, 9.17) is 5.73 Å². The minimum Gasteiger partial charge on any atom is -0.322 e. The summed E-state index contributed by atoms with van der Waals surface area (Å²) in [7, 11) is 4.21. The highest BCUT2D eigenvalue weighted by Gasteiger charge is 2.33. The summed E-state index contributed by atoms with van der Waals surface area (Å²) < 4.78 is 0. The van der Waals surface area contributed by atoms with E-state index in [0.29, 0.717) is 0 Å². The minimum atomic E-state index is -0.00144. The van der Waals surface area contributed by atoms with Crippen LogP contribution in [-0.4, -0.2) is 24.5 Å². The van der Waals surface area contributed by atoms with Crippen LogP contribution < -0.4 is 5.73 Å². The van der Waals surface area contributed by atoms with Gasteiger partial charge in [-0.1, -0.05) is 25.1 Å². The molecule has 0 fully saturated rings. The average Bonchev–Trinajstić information content (AvgIpc) is 2.30. The number of benzene rings is 1. The highest BCUT2D eigenvalue weighted by atomic mass is 15.2. The first-order chi connectivity index (χ1) is 7.84. The molecule has 17 heavy (non-hydrogen) atoms. The van der Waals surface area contributed by atoms with Crippen molar-refractivity contribution < 1.29 is 0 Å². The van der Waals surface area contributed by atoms with Crippen molar-refractivity contribution in [3.8, 4) is 0 Å². The summed E-state index contributed by atoms with van der Waals surface area (Å²) in [5.74, 6) is 0. The zero-order chi connectivity index (χ0) is 13.2. The molecular weight excluding hydrogens is 208 g/mol. The third-order valence-corrected chi connectivity index (χ3v) is 4.39. The smallest absolute Gasteiger partial charge is 0.0481 e. The molecule has 0 amide bonds. The Morgan fingerprint density at radius 3 is 2.35 bits per heavy atom. The molecule has 0 aliphatic carbocycles. The first-order valence-electron chi connectivity index (χ1n) is 6.33. The summed E-state index contributed by atoms with van der Waals surface area (Å²) in [6.45, 7) is 8.74. The predicted molar refractivity (Wildman–Crippen MR) is 75.2 cm³/mol. The second-order valence-electron chi connectivity index (χ2n) is 5.37. The van der Waals surface area contributed by atoms with E-state index in [2.05, 4.69) is 64.9 Å². The molecule has 2 atom stereocenters. The molecule has 1 aromatic carbocycles. The van der Waals surface area contributed by atoms with E-state index in [1.807, 2.05) is 0 Å². The summed E-state index contributed by atoms with van der Waals surface area (Å²) in [6, 6.07) is 6.44. The Hall–Kier alpha value is -0.860. The third-order valence-electron chi connectivity index (χ3n) is 4.39. The normalized spacial score (nSPS) is 16.9. The maximum atomic E-state index is 6.51. The zero-order valence-electron chi connectivity index (χ0n) is 12.0. The molecule has 2 heteroatoms. The van der Waals surface area contributed by atoms with E-state index >= 15 is 0 Å². The maximum absolute atomic E-state index is 6.51. The Morgan fingerprint density at radius 2 is 1.88 bits per heavy atom. The van der Waals surface area contributed by atoms with Crippen LogP contribution in [0, 0.1) is 13.8 Å². The Bertz CT molecular complexity index is 385. The number of likely N-dealkylation sites (N-methyl/N-ethyl adjacent to an activating group) is 1. The number of rotatable bonds is 4. The molecule has 0 aliphatic rings. The van der Waals surface area contributed by atoms with Gasteiger partial charge in [0.05, 0.1) is 0 Å². The van der Waals surface area contributed by atoms with Crippen LogP contribution in [0.3, 0.4) is 0 Å². The number of aryl methyl sites for hydroxylation is 1. The van der Waals surface area contributed by atoms with Gasteiger partial charge in [-0.05, 0) is 58.0 Å². The van der Waals surface area contributed by atoms with E-state index in [-0.39, 0.29) is 11.6 Å². The second kappa shape index (κ2) is 5.19. The van der Waals surface area contributed by atoms with Crippen molar-refractivity contribution in [2.24, 2.45) is 5.73 Å². The minimum absolute atomic E-state index is 0.00144. The highest BCUT2D eigenvalue weighted by Crippen LogP contribution is 2.32. The van der Waals surface area contributed by atoms with Crippen molar-refractivity contribution in [1.82, 2.24) is 4.90 Å². The summed E-state index contributed by atoms with van der Waals surface area (Å²) in [4.78, 5) is 2.24. The lowest BCUT2D eigenvalue weighted by Gasteiger charge is -2.41. The summed E-state index contributed by atoms with van der Waals surface area (Å²) in [5, 5.41) is 0. The quantitative estimate of drug-likeness (QED) is 0.867. The molecule has 0 spiro atoms.